The van der Waals surface area contributed by atoms with Crippen molar-refractivity contribution in [2.75, 3.05) is 7.11 Å². The quantitative estimate of drug-likeness (QED) is 0.485. The van der Waals surface area contributed by atoms with Gasteiger partial charge in [0, 0.05) is 16.5 Å². The molecule has 1 atom stereocenters. The smallest absolute Gasteiger partial charge is 0.126 e. The zero-order valence-electron chi connectivity index (χ0n) is 20.3. The summed E-state index contributed by atoms with van der Waals surface area (Å²) in [5.41, 5.74) is 6.23. The first-order valence-corrected chi connectivity index (χ1v) is 16.6. The summed E-state index contributed by atoms with van der Waals surface area (Å²) in [7, 11) is -0.0314. The minimum atomic E-state index is -1.24. The maximum Gasteiger partial charge on any atom is 0.126 e. The fraction of sp³-hybridized carbons (Fsp3) is 0.600. The van der Waals surface area contributed by atoms with Crippen molar-refractivity contribution in [3.8, 4) is 5.75 Å². The summed E-state index contributed by atoms with van der Waals surface area (Å²) in [6.07, 6.45) is 7.38. The Bertz CT molecular complexity index is 799. The molecule has 0 spiro atoms. The van der Waals surface area contributed by atoms with Crippen LogP contribution in [-0.4, -0.2) is 24.0 Å². The van der Waals surface area contributed by atoms with E-state index in [4.69, 9.17) is 4.74 Å². The van der Waals surface area contributed by atoms with Crippen LogP contribution in [0.25, 0.3) is 0 Å². The third-order valence-electron chi connectivity index (χ3n) is 6.18. The van der Waals surface area contributed by atoms with Crippen molar-refractivity contribution in [2.45, 2.75) is 90.6 Å². The first-order chi connectivity index (χ1) is 12.6. The third kappa shape index (κ3) is 4.26. The second-order valence-electron chi connectivity index (χ2n) is 11.3. The van der Waals surface area contributed by atoms with Crippen molar-refractivity contribution in [1.29, 1.82) is 0 Å². The lowest BCUT2D eigenvalue weighted by Crippen LogP contribution is -2.38. The summed E-state index contributed by atoms with van der Waals surface area (Å²) in [5.74, 6) is 1.11. The van der Waals surface area contributed by atoms with E-state index < -0.39 is 16.9 Å². The maximum atomic E-state index is 6.16. The van der Waals surface area contributed by atoms with E-state index in [1.807, 2.05) is 7.11 Å². The van der Waals surface area contributed by atoms with Gasteiger partial charge in [-0.05, 0) is 23.5 Å². The molecule has 155 valence electrons. The second kappa shape index (κ2) is 7.64. The first kappa shape index (κ1) is 23.2. The molecule has 0 amide bonds. The van der Waals surface area contributed by atoms with Crippen molar-refractivity contribution in [1.82, 2.24) is 0 Å². The van der Waals surface area contributed by atoms with Gasteiger partial charge in [-0.1, -0.05) is 102 Å². The Kier molecular flexibility index (Phi) is 6.34. The van der Waals surface area contributed by atoms with Crippen LogP contribution in [0.5, 0.6) is 5.75 Å². The summed E-state index contributed by atoms with van der Waals surface area (Å²) in [5, 5.41) is 1.55. The Morgan fingerprint density at radius 1 is 1.04 bits per heavy atom. The third-order valence-corrected chi connectivity index (χ3v) is 10.2. The van der Waals surface area contributed by atoms with Crippen LogP contribution in [-0.2, 0) is 10.8 Å². The molecule has 0 aromatic heterocycles. The molecular formula is C25H41OSi2. The lowest BCUT2D eigenvalue weighted by atomic mass is 9.73. The van der Waals surface area contributed by atoms with Crippen molar-refractivity contribution in [3.63, 3.8) is 0 Å². The molecule has 1 nitrogen and oxygen atoms in total. The number of aryl methyl sites for hydroxylation is 1. The minimum Gasteiger partial charge on any atom is -0.496 e. The van der Waals surface area contributed by atoms with Gasteiger partial charge in [0.05, 0.1) is 24.0 Å². The van der Waals surface area contributed by atoms with Crippen molar-refractivity contribution < 1.29 is 4.74 Å². The maximum absolute atomic E-state index is 6.16. The fourth-order valence-electron chi connectivity index (χ4n) is 4.42. The number of ether oxygens (including phenoxy) is 1. The molecule has 1 aliphatic carbocycles. The minimum absolute atomic E-state index is 0.0502. The van der Waals surface area contributed by atoms with Crippen LogP contribution in [0.4, 0.5) is 0 Å². The molecule has 0 bridgehead atoms. The normalized spacial score (nSPS) is 18.0. The van der Waals surface area contributed by atoms with E-state index in [2.05, 4.69) is 98.6 Å². The van der Waals surface area contributed by atoms with Crippen molar-refractivity contribution in [3.05, 3.63) is 46.6 Å². The zero-order valence-corrected chi connectivity index (χ0v) is 22.3. The van der Waals surface area contributed by atoms with Crippen LogP contribution in [0.15, 0.2) is 29.9 Å². The first-order valence-electron chi connectivity index (χ1n) is 10.6. The van der Waals surface area contributed by atoms with Gasteiger partial charge in [-0.3, -0.25) is 0 Å². The number of methoxy groups -OCH3 is 1. The van der Waals surface area contributed by atoms with Crippen LogP contribution >= 0.6 is 0 Å². The average Bonchev–Trinajstić information content (AvgIpc) is 3.03. The molecular weight excluding hydrogens is 372 g/mol. The lowest BCUT2D eigenvalue weighted by Gasteiger charge is -2.36. The molecule has 0 fully saturated rings. The van der Waals surface area contributed by atoms with E-state index in [0.29, 0.717) is 5.54 Å². The van der Waals surface area contributed by atoms with Gasteiger partial charge in [0.1, 0.15) is 5.75 Å². The van der Waals surface area contributed by atoms with Crippen molar-refractivity contribution in [2.24, 2.45) is 0 Å². The fourth-order valence-corrected chi connectivity index (χ4v) is 7.56. The van der Waals surface area contributed by atoms with Crippen molar-refractivity contribution >= 4 is 22.1 Å². The van der Waals surface area contributed by atoms with Crippen LogP contribution in [0.3, 0.4) is 0 Å². The molecule has 0 saturated carbocycles. The van der Waals surface area contributed by atoms with Gasteiger partial charge >= 0.3 is 0 Å². The molecule has 3 heteroatoms. The van der Waals surface area contributed by atoms with Crippen LogP contribution in [0, 0.1) is 6.92 Å². The molecule has 28 heavy (non-hydrogen) atoms. The standard InChI is InChI=1S/C25H41OSi2/c1-17-15-20(24(2,3)4)22(26-7)21(23(17)27(8)9)25(5,6)18-13-14-19(16-18)28(10,11)12/h13-16,19H,1-12H3. The summed E-state index contributed by atoms with van der Waals surface area (Å²) in [6.45, 7) is 26.2. The van der Waals surface area contributed by atoms with Crippen LogP contribution in [0.2, 0.25) is 38.3 Å². The van der Waals surface area contributed by atoms with E-state index in [9.17, 15) is 0 Å². The topological polar surface area (TPSA) is 9.23 Å². The number of hydrogen-bond acceptors (Lipinski definition) is 1. The Labute approximate surface area is 176 Å². The molecule has 1 aliphatic rings. The van der Waals surface area contributed by atoms with Gasteiger partial charge in [-0.2, -0.15) is 0 Å². The summed E-state index contributed by atoms with van der Waals surface area (Å²) >= 11 is 0. The van der Waals surface area contributed by atoms with Gasteiger partial charge < -0.3 is 4.74 Å². The molecule has 0 saturated heterocycles. The number of rotatable bonds is 5. The zero-order chi connectivity index (χ0) is 21.7. The Hall–Kier alpha value is -1.07. The molecule has 0 heterocycles. The largest absolute Gasteiger partial charge is 0.496 e. The summed E-state index contributed by atoms with van der Waals surface area (Å²) < 4.78 is 6.16. The highest BCUT2D eigenvalue weighted by molar-refractivity contribution is 6.78. The predicted molar refractivity (Wildman–Crippen MR) is 131 cm³/mol. The average molecular weight is 414 g/mol. The van der Waals surface area contributed by atoms with E-state index in [-0.39, 0.29) is 10.8 Å². The van der Waals surface area contributed by atoms with E-state index in [1.165, 1.54) is 22.3 Å². The highest BCUT2D eigenvalue weighted by Gasteiger charge is 2.38. The molecule has 1 aromatic carbocycles. The Balaban J connectivity index is 2.82. The Morgan fingerprint density at radius 3 is 2.00 bits per heavy atom. The predicted octanol–water partition coefficient (Wildman–Crippen LogP) is 6.74. The van der Waals surface area contributed by atoms with Gasteiger partial charge in [-0.25, -0.2) is 0 Å². The van der Waals surface area contributed by atoms with Gasteiger partial charge in [0.15, 0.2) is 0 Å². The van der Waals surface area contributed by atoms with Gasteiger partial charge in [-0.15, -0.1) is 0 Å². The Morgan fingerprint density at radius 2 is 1.61 bits per heavy atom. The van der Waals surface area contributed by atoms with E-state index in [0.717, 1.165) is 5.75 Å². The molecule has 0 aliphatic heterocycles. The molecule has 2 rings (SSSR count). The molecule has 1 radical (unpaired) electrons. The molecule has 1 unspecified atom stereocenters. The number of benzene rings is 1. The summed E-state index contributed by atoms with van der Waals surface area (Å²) in [4.78, 5) is 0. The monoisotopic (exact) mass is 413 g/mol. The van der Waals surface area contributed by atoms with Gasteiger partial charge in [0.25, 0.3) is 0 Å². The lowest BCUT2D eigenvalue weighted by molar-refractivity contribution is 0.385. The van der Waals surface area contributed by atoms with Crippen LogP contribution in [0.1, 0.15) is 51.3 Å². The highest BCUT2D eigenvalue weighted by Crippen LogP contribution is 2.46. The highest BCUT2D eigenvalue weighted by atomic mass is 28.3. The second-order valence-corrected chi connectivity index (χ2v) is 19.2. The molecule has 1 aromatic rings. The number of allylic oxidation sites excluding steroid dienone is 4. The molecule has 0 N–H and O–H groups in total. The van der Waals surface area contributed by atoms with E-state index in [1.54, 1.807) is 5.19 Å². The summed E-state index contributed by atoms with van der Waals surface area (Å²) in [6, 6.07) is 2.38. The SMILES string of the molecule is COc1c(C(C)(C)C)cc(C)c([Si](C)C)c1C(C)(C)C1=CC([Si](C)(C)C)C=C1. The van der Waals surface area contributed by atoms with E-state index >= 15 is 0 Å². The van der Waals surface area contributed by atoms with Crippen LogP contribution < -0.4 is 9.92 Å². The van der Waals surface area contributed by atoms with Gasteiger partial charge in [0.2, 0.25) is 0 Å². The number of hydrogen-bond donors (Lipinski definition) is 0.